The highest BCUT2D eigenvalue weighted by molar-refractivity contribution is 5.96. The molecule has 0 unspecified atom stereocenters. The van der Waals surface area contributed by atoms with Gasteiger partial charge < -0.3 is 10.1 Å². The number of hydrogen-bond acceptors (Lipinski definition) is 3. The van der Waals surface area contributed by atoms with Gasteiger partial charge in [0.15, 0.2) is 0 Å². The molecule has 0 saturated heterocycles. The average Bonchev–Trinajstić information content (AvgIpc) is 3.06. The molecule has 0 atom stereocenters. The highest BCUT2D eigenvalue weighted by Gasteiger charge is 2.48. The standard InChI is InChI=1S/C23H35N3O2/c1-26-23(28-14-15-5-3-2-4-6-15)21(13-25-26)22(27)24-12-20-18-8-16-7-17(10-18)11-19(20)9-16/h13,15-20H,2-12,14H2,1H3,(H,24,27). The third kappa shape index (κ3) is 3.57. The molecule has 1 heterocycles. The summed E-state index contributed by atoms with van der Waals surface area (Å²) >= 11 is 0. The second-order valence-corrected chi connectivity index (χ2v) is 10.1. The first-order valence-electron chi connectivity index (χ1n) is 11.6. The number of rotatable bonds is 6. The summed E-state index contributed by atoms with van der Waals surface area (Å²) in [6, 6.07) is 0. The van der Waals surface area contributed by atoms with Crippen LogP contribution in [-0.4, -0.2) is 28.8 Å². The Morgan fingerprint density at radius 1 is 1.11 bits per heavy atom. The lowest BCUT2D eigenvalue weighted by Crippen LogP contribution is -2.49. The second-order valence-electron chi connectivity index (χ2n) is 10.1. The van der Waals surface area contributed by atoms with Crippen LogP contribution in [0.4, 0.5) is 0 Å². The third-order valence-corrected chi connectivity index (χ3v) is 8.23. The Morgan fingerprint density at radius 3 is 2.46 bits per heavy atom. The Balaban J connectivity index is 1.19. The van der Waals surface area contributed by atoms with Crippen LogP contribution in [0.25, 0.3) is 0 Å². The third-order valence-electron chi connectivity index (χ3n) is 8.23. The van der Waals surface area contributed by atoms with Crippen LogP contribution in [0.2, 0.25) is 0 Å². The maximum atomic E-state index is 12.9. The van der Waals surface area contributed by atoms with Crippen molar-refractivity contribution >= 4 is 5.91 Å². The summed E-state index contributed by atoms with van der Waals surface area (Å²) in [7, 11) is 1.87. The highest BCUT2D eigenvalue weighted by Crippen LogP contribution is 2.56. The molecule has 6 rings (SSSR count). The maximum Gasteiger partial charge on any atom is 0.258 e. The van der Waals surface area contributed by atoms with Gasteiger partial charge in [0.05, 0.1) is 12.8 Å². The van der Waals surface area contributed by atoms with Crippen molar-refractivity contribution in [2.45, 2.75) is 64.2 Å². The van der Waals surface area contributed by atoms with Gasteiger partial charge in [-0.15, -0.1) is 0 Å². The molecule has 5 heteroatoms. The van der Waals surface area contributed by atoms with Crippen LogP contribution >= 0.6 is 0 Å². The fraction of sp³-hybridized carbons (Fsp3) is 0.826. The molecule has 5 aliphatic carbocycles. The van der Waals surface area contributed by atoms with Gasteiger partial charge in [0.2, 0.25) is 5.88 Å². The van der Waals surface area contributed by atoms with Gasteiger partial charge in [0.1, 0.15) is 5.56 Å². The molecular formula is C23H35N3O2. The number of ether oxygens (including phenoxy) is 1. The molecule has 4 bridgehead atoms. The van der Waals surface area contributed by atoms with Crippen LogP contribution in [-0.2, 0) is 7.05 Å². The zero-order chi connectivity index (χ0) is 19.1. The van der Waals surface area contributed by atoms with Crippen molar-refractivity contribution in [2.24, 2.45) is 42.6 Å². The van der Waals surface area contributed by atoms with Gasteiger partial charge in [-0.25, -0.2) is 4.68 Å². The predicted molar refractivity (Wildman–Crippen MR) is 108 cm³/mol. The van der Waals surface area contributed by atoms with E-state index in [1.54, 1.807) is 10.9 Å². The number of hydrogen-bond donors (Lipinski definition) is 1. The summed E-state index contributed by atoms with van der Waals surface area (Å²) in [6.07, 6.45) is 15.2. The van der Waals surface area contributed by atoms with E-state index in [0.717, 1.165) is 30.2 Å². The van der Waals surface area contributed by atoms with Crippen LogP contribution in [0.3, 0.4) is 0 Å². The molecule has 0 aromatic carbocycles. The predicted octanol–water partition coefficient (Wildman–Crippen LogP) is 4.18. The van der Waals surface area contributed by atoms with Gasteiger partial charge in [-0.1, -0.05) is 19.3 Å². The summed E-state index contributed by atoms with van der Waals surface area (Å²) in [5.74, 6) is 5.56. The topological polar surface area (TPSA) is 56.2 Å². The van der Waals surface area contributed by atoms with Crippen LogP contribution in [0.15, 0.2) is 6.20 Å². The number of amides is 1. The maximum absolute atomic E-state index is 12.9. The molecule has 28 heavy (non-hydrogen) atoms. The smallest absolute Gasteiger partial charge is 0.258 e. The monoisotopic (exact) mass is 385 g/mol. The van der Waals surface area contributed by atoms with Crippen LogP contribution in [0.5, 0.6) is 5.88 Å². The summed E-state index contributed by atoms with van der Waals surface area (Å²) in [6.45, 7) is 1.53. The Bertz CT molecular complexity index is 679. The summed E-state index contributed by atoms with van der Waals surface area (Å²) in [4.78, 5) is 12.9. The average molecular weight is 386 g/mol. The Morgan fingerprint density at radius 2 is 1.79 bits per heavy atom. The van der Waals surface area contributed by atoms with E-state index in [0.29, 0.717) is 29.9 Å². The summed E-state index contributed by atoms with van der Waals surface area (Å²) < 4.78 is 7.80. The molecule has 0 aliphatic heterocycles. The van der Waals surface area contributed by atoms with E-state index >= 15 is 0 Å². The summed E-state index contributed by atoms with van der Waals surface area (Å²) in [5, 5.41) is 7.55. The molecule has 1 N–H and O–H groups in total. The van der Waals surface area contributed by atoms with Gasteiger partial charge in [-0.2, -0.15) is 5.10 Å². The van der Waals surface area contributed by atoms with Crippen molar-refractivity contribution in [1.82, 2.24) is 15.1 Å². The molecule has 154 valence electrons. The number of carbonyl (C=O) groups is 1. The lowest BCUT2D eigenvalue weighted by molar-refractivity contribution is -0.0347. The van der Waals surface area contributed by atoms with Gasteiger partial charge in [0, 0.05) is 13.6 Å². The molecule has 5 saturated carbocycles. The summed E-state index contributed by atoms with van der Waals surface area (Å²) in [5.41, 5.74) is 0.599. The number of carbonyl (C=O) groups excluding carboxylic acids is 1. The van der Waals surface area contributed by atoms with E-state index in [1.165, 1.54) is 64.2 Å². The Kier molecular flexibility index (Phi) is 5.10. The van der Waals surface area contributed by atoms with Gasteiger partial charge in [-0.05, 0) is 80.5 Å². The van der Waals surface area contributed by atoms with E-state index in [1.807, 2.05) is 7.05 Å². The van der Waals surface area contributed by atoms with Crippen LogP contribution < -0.4 is 10.1 Å². The fourth-order valence-corrected chi connectivity index (χ4v) is 6.98. The fourth-order valence-electron chi connectivity index (χ4n) is 6.98. The number of nitrogens with zero attached hydrogens (tertiary/aromatic N) is 2. The first kappa shape index (κ1) is 18.5. The van der Waals surface area contributed by atoms with Gasteiger partial charge in [0.25, 0.3) is 5.91 Å². The van der Waals surface area contributed by atoms with Crippen molar-refractivity contribution in [3.05, 3.63) is 11.8 Å². The van der Waals surface area contributed by atoms with Crippen molar-refractivity contribution in [1.29, 1.82) is 0 Å². The van der Waals surface area contributed by atoms with E-state index in [9.17, 15) is 4.79 Å². The van der Waals surface area contributed by atoms with Crippen LogP contribution in [0, 0.1) is 35.5 Å². The molecule has 5 fully saturated rings. The second kappa shape index (κ2) is 7.72. The molecule has 1 aromatic heterocycles. The highest BCUT2D eigenvalue weighted by atomic mass is 16.5. The molecule has 1 amide bonds. The number of aromatic nitrogens is 2. The minimum atomic E-state index is -0.0134. The van der Waals surface area contributed by atoms with E-state index in [-0.39, 0.29) is 5.91 Å². The molecule has 5 nitrogen and oxygen atoms in total. The first-order valence-corrected chi connectivity index (χ1v) is 11.6. The Labute approximate surface area is 168 Å². The molecule has 5 aliphatic rings. The van der Waals surface area contributed by atoms with Crippen molar-refractivity contribution < 1.29 is 9.53 Å². The quantitative estimate of drug-likeness (QED) is 0.799. The molecular weight excluding hydrogens is 350 g/mol. The normalized spacial score (nSPS) is 34.5. The first-order chi connectivity index (χ1) is 13.7. The lowest BCUT2D eigenvalue weighted by atomic mass is 9.52. The Hall–Kier alpha value is -1.52. The zero-order valence-electron chi connectivity index (χ0n) is 17.2. The van der Waals surface area contributed by atoms with Gasteiger partial charge >= 0.3 is 0 Å². The lowest BCUT2D eigenvalue weighted by Gasteiger charge is -2.54. The number of aryl methyl sites for hydroxylation is 1. The molecule has 1 aromatic rings. The van der Waals surface area contributed by atoms with Crippen LogP contribution in [0.1, 0.15) is 74.6 Å². The number of nitrogens with one attached hydrogen (secondary N) is 1. The largest absolute Gasteiger partial charge is 0.477 e. The van der Waals surface area contributed by atoms with Gasteiger partial charge in [-0.3, -0.25) is 4.79 Å². The minimum Gasteiger partial charge on any atom is -0.477 e. The van der Waals surface area contributed by atoms with Crippen molar-refractivity contribution in [3.8, 4) is 5.88 Å². The zero-order valence-corrected chi connectivity index (χ0v) is 17.2. The minimum absolute atomic E-state index is 0.0134. The van der Waals surface area contributed by atoms with E-state index in [4.69, 9.17) is 4.74 Å². The van der Waals surface area contributed by atoms with E-state index in [2.05, 4.69) is 10.4 Å². The van der Waals surface area contributed by atoms with Crippen molar-refractivity contribution in [3.63, 3.8) is 0 Å². The van der Waals surface area contributed by atoms with E-state index < -0.39 is 0 Å². The molecule has 0 radical (unpaired) electrons. The molecule has 0 spiro atoms. The van der Waals surface area contributed by atoms with Crippen molar-refractivity contribution in [2.75, 3.05) is 13.2 Å². The SMILES string of the molecule is Cn1ncc(C(=O)NCC2C3CC4CC(C3)CC2C4)c1OCC1CCCCC1.